The van der Waals surface area contributed by atoms with Gasteiger partial charge in [-0.1, -0.05) is 13.8 Å². The number of likely N-dealkylation sites (tertiary alicyclic amines) is 1. The van der Waals surface area contributed by atoms with E-state index in [2.05, 4.69) is 5.32 Å². The van der Waals surface area contributed by atoms with Crippen molar-refractivity contribution in [2.75, 3.05) is 13.1 Å². The highest BCUT2D eigenvalue weighted by atomic mass is 19.4. The summed E-state index contributed by atoms with van der Waals surface area (Å²) < 4.78 is 118. The van der Waals surface area contributed by atoms with Crippen LogP contribution >= 0.6 is 0 Å². The van der Waals surface area contributed by atoms with Crippen LogP contribution in [0.25, 0.3) is 0 Å². The number of nitrogens with one attached hydrogen (secondary N) is 1. The van der Waals surface area contributed by atoms with Crippen LogP contribution in [0.15, 0.2) is 18.2 Å². The average molecular weight is 532 g/mol. The van der Waals surface area contributed by atoms with Crippen molar-refractivity contribution in [2.45, 2.75) is 77.1 Å². The Hall–Kier alpha value is -1.98. The molecule has 3 rings (SSSR count). The molecular weight excluding hydrogens is 503 g/mol. The first kappa shape index (κ1) is 28.6. The van der Waals surface area contributed by atoms with E-state index >= 15 is 0 Å². The fourth-order valence-electron chi connectivity index (χ4n) is 5.42. The van der Waals surface area contributed by atoms with Crippen LogP contribution < -0.4 is 5.32 Å². The molecule has 0 spiro atoms. The van der Waals surface area contributed by atoms with Crippen LogP contribution in [0.3, 0.4) is 0 Å². The SMILES string of the molecule is CC(C)C1(C(=O)NCc2cc(C(F)(F)F)cc(C(F)(F)F)c2)CCC(N2CCC(C(F)(F)F)CC2)C1. The van der Waals surface area contributed by atoms with Gasteiger partial charge in [0.2, 0.25) is 5.91 Å². The van der Waals surface area contributed by atoms with E-state index in [0.29, 0.717) is 31.4 Å². The second-order valence-electron chi connectivity index (χ2n) is 10.2. The number of amides is 1. The largest absolute Gasteiger partial charge is 0.416 e. The van der Waals surface area contributed by atoms with Gasteiger partial charge in [0, 0.05) is 12.6 Å². The molecule has 0 bridgehead atoms. The highest BCUT2D eigenvalue weighted by Crippen LogP contribution is 2.47. The Bertz CT molecular complexity index is 899. The molecule has 1 heterocycles. The van der Waals surface area contributed by atoms with Crippen molar-refractivity contribution in [1.82, 2.24) is 10.2 Å². The summed E-state index contributed by atoms with van der Waals surface area (Å²) in [6.45, 7) is 3.62. The number of carbonyl (C=O) groups is 1. The number of hydrogen-bond acceptors (Lipinski definition) is 2. The molecule has 1 saturated heterocycles. The molecule has 2 unspecified atom stereocenters. The number of piperidine rings is 1. The number of benzene rings is 1. The molecular formula is C24H29F9N2O. The van der Waals surface area contributed by atoms with Gasteiger partial charge in [-0.25, -0.2) is 0 Å². The lowest BCUT2D eigenvalue weighted by Crippen LogP contribution is -2.46. The summed E-state index contributed by atoms with van der Waals surface area (Å²) in [7, 11) is 0. The number of nitrogens with zero attached hydrogens (tertiary/aromatic N) is 1. The molecule has 2 aliphatic rings. The quantitative estimate of drug-likeness (QED) is 0.423. The van der Waals surface area contributed by atoms with E-state index in [0.717, 1.165) is 0 Å². The molecule has 0 aromatic heterocycles. The van der Waals surface area contributed by atoms with Crippen LogP contribution in [0.5, 0.6) is 0 Å². The van der Waals surface area contributed by atoms with Crippen molar-refractivity contribution in [3.05, 3.63) is 34.9 Å². The van der Waals surface area contributed by atoms with Crippen molar-refractivity contribution in [2.24, 2.45) is 17.3 Å². The van der Waals surface area contributed by atoms with Gasteiger partial charge in [0.25, 0.3) is 0 Å². The van der Waals surface area contributed by atoms with Crippen LogP contribution in [0.1, 0.15) is 62.6 Å². The van der Waals surface area contributed by atoms with E-state index in [1.807, 2.05) is 18.7 Å². The zero-order valence-corrected chi connectivity index (χ0v) is 19.9. The van der Waals surface area contributed by atoms with Gasteiger partial charge in [-0.3, -0.25) is 4.79 Å². The van der Waals surface area contributed by atoms with Crippen molar-refractivity contribution >= 4 is 5.91 Å². The smallest absolute Gasteiger partial charge is 0.352 e. The topological polar surface area (TPSA) is 32.3 Å². The van der Waals surface area contributed by atoms with E-state index in [4.69, 9.17) is 0 Å². The average Bonchev–Trinajstić information content (AvgIpc) is 3.23. The Morgan fingerprint density at radius 3 is 1.92 bits per heavy atom. The summed E-state index contributed by atoms with van der Waals surface area (Å²) in [5, 5.41) is 2.53. The summed E-state index contributed by atoms with van der Waals surface area (Å²) in [4.78, 5) is 15.2. The van der Waals surface area contributed by atoms with Gasteiger partial charge in [0.05, 0.1) is 22.5 Å². The molecule has 1 N–H and O–H groups in total. The second-order valence-corrected chi connectivity index (χ2v) is 10.2. The lowest BCUT2D eigenvalue weighted by molar-refractivity contribution is -0.186. The second kappa shape index (κ2) is 10.1. The summed E-state index contributed by atoms with van der Waals surface area (Å²) in [5.41, 5.74) is -4.15. The molecule has 1 amide bonds. The van der Waals surface area contributed by atoms with Gasteiger partial charge in [-0.05, 0) is 74.9 Å². The normalized spacial score (nSPS) is 24.9. The van der Waals surface area contributed by atoms with Crippen LogP contribution in [0, 0.1) is 17.3 Å². The fraction of sp³-hybridized carbons (Fsp3) is 0.708. The number of carbonyl (C=O) groups excluding carboxylic acids is 1. The molecule has 1 aliphatic heterocycles. The van der Waals surface area contributed by atoms with Crippen molar-refractivity contribution in [1.29, 1.82) is 0 Å². The predicted molar refractivity (Wildman–Crippen MR) is 114 cm³/mol. The first-order valence-corrected chi connectivity index (χ1v) is 11.8. The zero-order valence-electron chi connectivity index (χ0n) is 19.9. The molecule has 1 aromatic rings. The maximum atomic E-state index is 13.2. The van der Waals surface area contributed by atoms with E-state index in [1.165, 1.54) is 0 Å². The third kappa shape index (κ3) is 6.28. The first-order chi connectivity index (χ1) is 16.4. The lowest BCUT2D eigenvalue weighted by Gasteiger charge is -2.38. The van der Waals surface area contributed by atoms with Crippen molar-refractivity contribution < 1.29 is 44.3 Å². The minimum absolute atomic E-state index is 0.0159. The zero-order chi connectivity index (χ0) is 27.1. The van der Waals surface area contributed by atoms with E-state index in [9.17, 15) is 44.3 Å². The monoisotopic (exact) mass is 532 g/mol. The van der Waals surface area contributed by atoms with Crippen molar-refractivity contribution in [3.8, 4) is 0 Å². The van der Waals surface area contributed by atoms with Gasteiger partial charge in [0.15, 0.2) is 0 Å². The molecule has 204 valence electrons. The van der Waals surface area contributed by atoms with Gasteiger partial charge in [-0.2, -0.15) is 39.5 Å². The highest BCUT2D eigenvalue weighted by Gasteiger charge is 2.50. The Labute approximate surface area is 203 Å². The van der Waals surface area contributed by atoms with E-state index < -0.39 is 53.4 Å². The predicted octanol–water partition coefficient (Wildman–Crippen LogP) is 6.81. The number of rotatable bonds is 5. The first-order valence-electron chi connectivity index (χ1n) is 11.8. The third-order valence-corrected chi connectivity index (χ3v) is 7.69. The maximum Gasteiger partial charge on any atom is 0.416 e. The Morgan fingerprint density at radius 2 is 1.47 bits per heavy atom. The van der Waals surface area contributed by atoms with Gasteiger partial charge < -0.3 is 10.2 Å². The minimum Gasteiger partial charge on any atom is -0.352 e. The highest BCUT2D eigenvalue weighted by molar-refractivity contribution is 5.83. The number of halogens is 9. The van der Waals surface area contributed by atoms with E-state index in [1.54, 1.807) is 0 Å². The molecule has 1 aromatic carbocycles. The maximum absolute atomic E-state index is 13.2. The van der Waals surface area contributed by atoms with E-state index in [-0.39, 0.29) is 49.5 Å². The number of alkyl halides is 9. The van der Waals surface area contributed by atoms with Crippen LogP contribution in [0.4, 0.5) is 39.5 Å². The number of hydrogen-bond donors (Lipinski definition) is 1. The van der Waals surface area contributed by atoms with Gasteiger partial charge in [-0.15, -0.1) is 0 Å². The summed E-state index contributed by atoms with van der Waals surface area (Å²) >= 11 is 0. The standard InChI is InChI=1S/C24H29F9N2O/c1-14(2)21(6-3-19(12-21)35-7-4-16(5-8-35)22(25,26)27)20(36)34-13-15-9-17(23(28,29)30)11-18(10-15)24(31,32)33/h9-11,14,16,19H,3-8,12-13H2,1-2H3,(H,34,36). The van der Waals surface area contributed by atoms with Crippen LogP contribution in [-0.4, -0.2) is 36.1 Å². The molecule has 12 heteroatoms. The Balaban J connectivity index is 1.71. The lowest BCUT2D eigenvalue weighted by atomic mass is 9.74. The fourth-order valence-corrected chi connectivity index (χ4v) is 5.42. The van der Waals surface area contributed by atoms with Gasteiger partial charge in [0.1, 0.15) is 0 Å². The minimum atomic E-state index is -4.99. The molecule has 1 aliphatic carbocycles. The molecule has 2 atom stereocenters. The summed E-state index contributed by atoms with van der Waals surface area (Å²) in [6.07, 6.45) is -12.9. The summed E-state index contributed by atoms with van der Waals surface area (Å²) in [5.74, 6) is -2.01. The van der Waals surface area contributed by atoms with Crippen LogP contribution in [0.2, 0.25) is 0 Å². The van der Waals surface area contributed by atoms with Gasteiger partial charge >= 0.3 is 18.5 Å². The van der Waals surface area contributed by atoms with Crippen LogP contribution in [-0.2, 0) is 23.7 Å². The molecule has 36 heavy (non-hydrogen) atoms. The Kier molecular flexibility index (Phi) is 7.99. The molecule has 1 saturated carbocycles. The molecule has 2 fully saturated rings. The Morgan fingerprint density at radius 1 is 0.944 bits per heavy atom. The summed E-state index contributed by atoms with van der Waals surface area (Å²) in [6, 6.07) is 1.09. The molecule has 3 nitrogen and oxygen atoms in total. The molecule has 0 radical (unpaired) electrons. The third-order valence-electron chi connectivity index (χ3n) is 7.69. The van der Waals surface area contributed by atoms with Crippen molar-refractivity contribution in [3.63, 3.8) is 0 Å².